The van der Waals surface area contributed by atoms with Crippen LogP contribution >= 0.6 is 0 Å². The molecule has 0 bridgehead atoms. The summed E-state index contributed by atoms with van der Waals surface area (Å²) in [5.41, 5.74) is 0. The maximum absolute atomic E-state index is 9.58. The standard InChI is InChI=1S/C2H6NOSi/c1-3(2)5-4/h1-2H3. The van der Waals surface area contributed by atoms with E-state index >= 15 is 0 Å². The second-order valence-corrected chi connectivity index (χ2v) is 2.06. The highest BCUT2D eigenvalue weighted by Crippen LogP contribution is 1.50. The molecule has 0 saturated carbocycles. The number of rotatable bonds is 1. The Hall–Kier alpha value is -0.183. The average Bonchev–Trinajstić information content (AvgIpc) is 1.38. The minimum atomic E-state index is -0.302. The molecule has 0 atom stereocenters. The first-order valence-electron chi connectivity index (χ1n) is 1.32. The van der Waals surface area contributed by atoms with Crippen LogP contribution < -0.4 is 0 Å². The quantitative estimate of drug-likeness (QED) is 0.403. The fourth-order valence-electron chi connectivity index (χ4n) is 0. The van der Waals surface area contributed by atoms with Crippen molar-refractivity contribution >= 4 is 9.57 Å². The molecule has 0 aliphatic rings. The van der Waals surface area contributed by atoms with Crippen LogP contribution in [0, 0.1) is 0 Å². The summed E-state index contributed by atoms with van der Waals surface area (Å²) in [5, 5.41) is 0. The molecule has 0 fully saturated rings. The predicted molar refractivity (Wildman–Crippen MR) is 20.1 cm³/mol. The molecule has 0 aromatic carbocycles. The SMILES string of the molecule is CN(C)[Si]=O. The average molecular weight is 88.2 g/mol. The van der Waals surface area contributed by atoms with E-state index in [0.717, 1.165) is 0 Å². The van der Waals surface area contributed by atoms with Crippen LogP contribution in [-0.2, 0) is 4.46 Å². The monoisotopic (exact) mass is 88.0 g/mol. The molecule has 2 nitrogen and oxygen atoms in total. The lowest BCUT2D eigenvalue weighted by Crippen LogP contribution is -2.08. The second-order valence-electron chi connectivity index (χ2n) is 0.986. The molecule has 0 aliphatic carbocycles. The Labute approximate surface area is 33.7 Å². The van der Waals surface area contributed by atoms with E-state index in [9.17, 15) is 4.46 Å². The Balaban J connectivity index is 2.83. The van der Waals surface area contributed by atoms with Gasteiger partial charge in [-0.3, -0.25) is 0 Å². The van der Waals surface area contributed by atoms with Crippen LogP contribution in [0.25, 0.3) is 0 Å². The van der Waals surface area contributed by atoms with Crippen molar-refractivity contribution in [3.63, 3.8) is 0 Å². The van der Waals surface area contributed by atoms with E-state index in [1.807, 2.05) is 0 Å². The molecule has 0 spiro atoms. The van der Waals surface area contributed by atoms with Crippen molar-refractivity contribution in [3.8, 4) is 0 Å². The first-order valence-corrected chi connectivity index (χ1v) is 2.18. The molecule has 0 aromatic rings. The van der Waals surface area contributed by atoms with E-state index in [1.165, 1.54) is 0 Å². The second kappa shape index (κ2) is 2.08. The molecule has 0 saturated heterocycles. The van der Waals surface area contributed by atoms with Gasteiger partial charge >= 0.3 is 9.57 Å². The molecule has 0 unspecified atom stereocenters. The van der Waals surface area contributed by atoms with Crippen molar-refractivity contribution in [1.29, 1.82) is 0 Å². The van der Waals surface area contributed by atoms with E-state index in [1.54, 1.807) is 18.7 Å². The minimum Gasteiger partial charge on any atom is -0.379 e. The van der Waals surface area contributed by atoms with Crippen molar-refractivity contribution in [2.45, 2.75) is 0 Å². The Kier molecular flexibility index (Phi) is 2.00. The van der Waals surface area contributed by atoms with Gasteiger partial charge in [0.05, 0.1) is 0 Å². The van der Waals surface area contributed by atoms with E-state index < -0.39 is 0 Å². The third-order valence-electron chi connectivity index (χ3n) is 0.183. The molecule has 3 heteroatoms. The van der Waals surface area contributed by atoms with Gasteiger partial charge in [-0.15, -0.1) is 0 Å². The van der Waals surface area contributed by atoms with Gasteiger partial charge in [-0.25, -0.2) is 0 Å². The summed E-state index contributed by atoms with van der Waals surface area (Å²) in [7, 11) is 3.21. The summed E-state index contributed by atoms with van der Waals surface area (Å²) in [4.78, 5) is 0. The topological polar surface area (TPSA) is 20.3 Å². The normalized spacial score (nSPS) is 6.80. The molecular weight excluding hydrogens is 82.1 g/mol. The summed E-state index contributed by atoms with van der Waals surface area (Å²) in [6, 6.07) is 0. The first-order chi connectivity index (χ1) is 2.27. The van der Waals surface area contributed by atoms with E-state index in [-0.39, 0.29) is 9.57 Å². The fourth-order valence-corrected chi connectivity index (χ4v) is 0. The zero-order valence-corrected chi connectivity index (χ0v) is 4.36. The highest BCUT2D eigenvalue weighted by atomic mass is 28.2. The third-order valence-corrected chi connectivity index (χ3v) is 0.548. The minimum absolute atomic E-state index is 0.302. The zero-order valence-electron chi connectivity index (χ0n) is 3.36. The lowest BCUT2D eigenvalue weighted by atomic mass is 11.3. The molecule has 5 heavy (non-hydrogen) atoms. The molecular formula is C2H6NOSi. The van der Waals surface area contributed by atoms with E-state index in [2.05, 4.69) is 0 Å². The summed E-state index contributed by atoms with van der Waals surface area (Å²) in [6.07, 6.45) is 0. The lowest BCUT2D eigenvalue weighted by molar-refractivity contribution is 0.515. The smallest absolute Gasteiger partial charge is 0.379 e. The van der Waals surface area contributed by atoms with Crippen LogP contribution in [0.3, 0.4) is 0 Å². The Morgan fingerprint density at radius 1 is 1.60 bits per heavy atom. The summed E-state index contributed by atoms with van der Waals surface area (Å²) in [5.74, 6) is 0. The Morgan fingerprint density at radius 2 is 1.80 bits per heavy atom. The van der Waals surface area contributed by atoms with Gasteiger partial charge in [-0.1, -0.05) is 0 Å². The lowest BCUT2D eigenvalue weighted by Gasteiger charge is -1.91. The van der Waals surface area contributed by atoms with Crippen LogP contribution in [0.4, 0.5) is 0 Å². The Morgan fingerprint density at radius 3 is 1.80 bits per heavy atom. The molecule has 0 amide bonds. The van der Waals surface area contributed by atoms with Gasteiger partial charge in [0, 0.05) is 0 Å². The van der Waals surface area contributed by atoms with Crippen molar-refractivity contribution < 1.29 is 4.46 Å². The summed E-state index contributed by atoms with van der Waals surface area (Å²) >= 11 is 0. The first kappa shape index (κ1) is 4.82. The number of nitrogens with zero attached hydrogens (tertiary/aromatic N) is 1. The van der Waals surface area contributed by atoms with Crippen molar-refractivity contribution in [3.05, 3.63) is 0 Å². The van der Waals surface area contributed by atoms with Crippen molar-refractivity contribution in [1.82, 2.24) is 4.57 Å². The van der Waals surface area contributed by atoms with E-state index in [4.69, 9.17) is 0 Å². The highest BCUT2D eigenvalue weighted by molar-refractivity contribution is 6.12. The van der Waals surface area contributed by atoms with E-state index in [0.29, 0.717) is 0 Å². The molecule has 0 aliphatic heterocycles. The van der Waals surface area contributed by atoms with Gasteiger partial charge in [-0.2, -0.15) is 0 Å². The van der Waals surface area contributed by atoms with Crippen LogP contribution in [0.15, 0.2) is 0 Å². The molecule has 0 heterocycles. The van der Waals surface area contributed by atoms with Gasteiger partial charge in [-0.05, 0) is 14.1 Å². The van der Waals surface area contributed by atoms with Gasteiger partial charge in [0.25, 0.3) is 0 Å². The van der Waals surface area contributed by atoms with Gasteiger partial charge < -0.3 is 9.03 Å². The number of hydrogen-bond donors (Lipinski definition) is 0. The van der Waals surface area contributed by atoms with Crippen LogP contribution in [0.5, 0.6) is 0 Å². The molecule has 0 N–H and O–H groups in total. The molecule has 0 rings (SSSR count). The highest BCUT2D eigenvalue weighted by Gasteiger charge is 1.74. The van der Waals surface area contributed by atoms with Gasteiger partial charge in [0.15, 0.2) is 0 Å². The zero-order chi connectivity index (χ0) is 4.28. The fraction of sp³-hybridized carbons (Fsp3) is 1.00. The third kappa shape index (κ3) is 3.82. The van der Waals surface area contributed by atoms with Crippen LogP contribution in [-0.4, -0.2) is 28.2 Å². The summed E-state index contributed by atoms with van der Waals surface area (Å²) < 4.78 is 11.2. The van der Waals surface area contributed by atoms with Crippen molar-refractivity contribution in [2.75, 3.05) is 14.1 Å². The van der Waals surface area contributed by atoms with Gasteiger partial charge in [0.2, 0.25) is 0 Å². The Bertz CT molecular complexity index is 36.6. The summed E-state index contributed by atoms with van der Waals surface area (Å²) in [6.45, 7) is 0. The molecule has 29 valence electrons. The van der Waals surface area contributed by atoms with Crippen LogP contribution in [0.1, 0.15) is 0 Å². The number of hydrogen-bond acceptors (Lipinski definition) is 1. The van der Waals surface area contributed by atoms with Crippen LogP contribution in [0.2, 0.25) is 0 Å². The maximum atomic E-state index is 9.58. The largest absolute Gasteiger partial charge is 0.465 e. The molecule has 0 aromatic heterocycles. The predicted octanol–water partition coefficient (Wildman–Crippen LogP) is -0.487. The van der Waals surface area contributed by atoms with Crippen molar-refractivity contribution in [2.24, 2.45) is 0 Å². The molecule has 1 radical (unpaired) electrons. The van der Waals surface area contributed by atoms with Gasteiger partial charge in [0.1, 0.15) is 0 Å². The maximum Gasteiger partial charge on any atom is 0.465 e.